The Labute approximate surface area is 134 Å². The van der Waals surface area contributed by atoms with Crippen molar-refractivity contribution in [1.82, 2.24) is 4.98 Å². The minimum absolute atomic E-state index is 0.936. The summed E-state index contributed by atoms with van der Waals surface area (Å²) in [7, 11) is 0. The molecule has 0 fully saturated rings. The molecule has 0 atom stereocenters. The Balaban J connectivity index is 0.000000704. The molecule has 0 aliphatic rings. The molecule has 0 saturated heterocycles. The van der Waals surface area contributed by atoms with Gasteiger partial charge in [0.25, 0.3) is 0 Å². The number of hydrogen-bond acceptors (Lipinski definition) is 1. The van der Waals surface area contributed by atoms with E-state index in [-0.39, 0.29) is 0 Å². The summed E-state index contributed by atoms with van der Waals surface area (Å²) in [5.74, 6) is 0. The number of hydrogen-bond donors (Lipinski definition) is 0. The van der Waals surface area contributed by atoms with E-state index in [1.807, 2.05) is 66.7 Å². The van der Waals surface area contributed by atoms with Gasteiger partial charge in [-0.2, -0.15) is 0 Å². The monoisotopic (exact) mass is 366 g/mol. The van der Waals surface area contributed by atoms with Crippen molar-refractivity contribution in [1.29, 1.82) is 0 Å². The summed E-state index contributed by atoms with van der Waals surface area (Å²) in [6, 6.07) is 28.1. The summed E-state index contributed by atoms with van der Waals surface area (Å²) in [4.78, 5) is 4.65. The van der Waals surface area contributed by atoms with Gasteiger partial charge in [0.05, 0.1) is 0 Å². The van der Waals surface area contributed by atoms with Crippen molar-refractivity contribution in [3.8, 4) is 22.5 Å². The summed E-state index contributed by atoms with van der Waals surface area (Å²) in [6.07, 6.45) is 0. The van der Waals surface area contributed by atoms with Crippen molar-refractivity contribution in [2.45, 2.75) is 0 Å². The standard InChI is InChI=1S/C17H11N.BrH.Ni/c1-3-8-14(9-4-1)16-12-7-13-17(18-16)15-10-5-2-6-11-15;;/h1-8,10,12-13H;1H;/q-2;;+1/p-1. The first-order valence-electron chi connectivity index (χ1n) is 5.97. The van der Waals surface area contributed by atoms with E-state index in [1.54, 1.807) is 0 Å². The second-order valence-corrected chi connectivity index (χ2v) is 3.96. The Morgan fingerprint density at radius 2 is 1.20 bits per heavy atom. The van der Waals surface area contributed by atoms with Crippen molar-refractivity contribution < 1.29 is 13.7 Å². The molecule has 0 radical (unpaired) electrons. The van der Waals surface area contributed by atoms with Crippen LogP contribution in [0.1, 0.15) is 0 Å². The number of aromatic nitrogens is 1. The average Bonchev–Trinajstić information content (AvgIpc) is 2.58. The van der Waals surface area contributed by atoms with Crippen LogP contribution >= 0.6 is 14.2 Å². The van der Waals surface area contributed by atoms with Crippen molar-refractivity contribution in [3.63, 3.8) is 0 Å². The van der Waals surface area contributed by atoms with Gasteiger partial charge >= 0.3 is 27.9 Å². The molecular formula is C17H11BrNNi-2. The normalized spacial score (nSPS) is 9.55. The van der Waals surface area contributed by atoms with Crippen molar-refractivity contribution in [2.75, 3.05) is 0 Å². The predicted molar refractivity (Wildman–Crippen MR) is 81.7 cm³/mol. The van der Waals surface area contributed by atoms with Crippen molar-refractivity contribution in [3.05, 3.63) is 78.9 Å². The smallest absolute Gasteiger partial charge is 0.0227 e. The van der Waals surface area contributed by atoms with Crippen LogP contribution in [0.25, 0.3) is 22.5 Å². The molecule has 1 aromatic heterocycles. The van der Waals surface area contributed by atoms with Gasteiger partial charge in [0.15, 0.2) is 0 Å². The molecule has 0 bridgehead atoms. The van der Waals surface area contributed by atoms with Gasteiger partial charge in [-0.05, 0) is 11.4 Å². The van der Waals surface area contributed by atoms with Crippen LogP contribution < -0.4 is 0 Å². The minimum atomic E-state index is 0.936. The van der Waals surface area contributed by atoms with Gasteiger partial charge in [-0.15, -0.1) is 71.8 Å². The van der Waals surface area contributed by atoms with Gasteiger partial charge in [0.1, 0.15) is 0 Å². The summed E-state index contributed by atoms with van der Waals surface area (Å²) < 4.78 is 0. The molecule has 20 heavy (non-hydrogen) atoms. The first kappa shape index (κ1) is 15.0. The van der Waals surface area contributed by atoms with E-state index in [1.165, 1.54) is 0 Å². The van der Waals surface area contributed by atoms with Gasteiger partial charge in [0, 0.05) is 0 Å². The molecule has 3 heteroatoms. The van der Waals surface area contributed by atoms with Crippen LogP contribution in [0.5, 0.6) is 0 Å². The first-order valence-corrected chi connectivity index (χ1v) is 8.41. The van der Waals surface area contributed by atoms with Gasteiger partial charge in [0.2, 0.25) is 0 Å². The average molecular weight is 368 g/mol. The van der Waals surface area contributed by atoms with Crippen LogP contribution in [0, 0.1) is 12.1 Å². The van der Waals surface area contributed by atoms with Crippen LogP contribution in [0.2, 0.25) is 0 Å². The SMILES string of the molecule is [Ni][Br].[c-]1ccccc1-c1cccc(-c2[c-]cccc2)n1. The topological polar surface area (TPSA) is 12.9 Å². The Bertz CT molecular complexity index is 587. The van der Waals surface area contributed by atoms with Crippen molar-refractivity contribution >= 4 is 14.2 Å². The fourth-order valence-electron chi connectivity index (χ4n) is 1.84. The number of benzene rings is 2. The maximum atomic E-state index is 4.65. The molecule has 103 valence electrons. The van der Waals surface area contributed by atoms with Crippen LogP contribution in [-0.4, -0.2) is 4.98 Å². The van der Waals surface area contributed by atoms with E-state index in [4.69, 9.17) is 0 Å². The second-order valence-electron chi connectivity index (χ2n) is 3.96. The molecular weight excluding hydrogens is 357 g/mol. The Kier molecular flexibility index (Phi) is 5.97. The summed E-state index contributed by atoms with van der Waals surface area (Å²) in [5.41, 5.74) is 3.89. The predicted octanol–water partition coefficient (Wildman–Crippen LogP) is 4.86. The third-order valence-electron chi connectivity index (χ3n) is 2.72. The minimum Gasteiger partial charge on any atom is -0.345 e. The Morgan fingerprint density at radius 1 is 0.700 bits per heavy atom. The Hall–Kier alpha value is -1.44. The van der Waals surface area contributed by atoms with Crippen LogP contribution in [0.3, 0.4) is 0 Å². The van der Waals surface area contributed by atoms with Gasteiger partial charge in [-0.25, -0.2) is 0 Å². The van der Waals surface area contributed by atoms with E-state index >= 15 is 0 Å². The van der Waals surface area contributed by atoms with E-state index in [2.05, 4.69) is 45.0 Å². The number of nitrogens with zero attached hydrogens (tertiary/aromatic N) is 1. The fraction of sp³-hybridized carbons (Fsp3) is 0. The molecule has 0 amide bonds. The third-order valence-corrected chi connectivity index (χ3v) is 2.72. The molecule has 0 saturated carbocycles. The van der Waals surface area contributed by atoms with Gasteiger partial charge in [-0.1, -0.05) is 18.2 Å². The third kappa shape index (κ3) is 3.78. The molecule has 0 unspecified atom stereocenters. The summed E-state index contributed by atoms with van der Waals surface area (Å²) >= 11 is 6.25. The molecule has 0 N–H and O–H groups in total. The molecule has 0 aliphatic carbocycles. The maximum Gasteiger partial charge on any atom is -0.0227 e. The molecule has 1 heterocycles. The Morgan fingerprint density at radius 3 is 1.60 bits per heavy atom. The number of pyridine rings is 1. The van der Waals surface area contributed by atoms with Crippen LogP contribution in [0.15, 0.2) is 66.7 Å². The number of halogens is 1. The van der Waals surface area contributed by atoms with Crippen LogP contribution in [-0.2, 0) is 13.7 Å². The zero-order valence-electron chi connectivity index (χ0n) is 10.5. The number of rotatable bonds is 2. The molecule has 0 spiro atoms. The van der Waals surface area contributed by atoms with E-state index < -0.39 is 0 Å². The molecule has 0 aliphatic heterocycles. The summed E-state index contributed by atoms with van der Waals surface area (Å²) in [5, 5.41) is 0. The van der Waals surface area contributed by atoms with E-state index in [9.17, 15) is 0 Å². The summed E-state index contributed by atoms with van der Waals surface area (Å²) in [6.45, 7) is 0. The molecule has 3 aromatic rings. The van der Waals surface area contributed by atoms with E-state index in [0.29, 0.717) is 0 Å². The van der Waals surface area contributed by atoms with E-state index in [0.717, 1.165) is 22.5 Å². The fourth-order valence-corrected chi connectivity index (χ4v) is 1.84. The molecule has 2 aromatic carbocycles. The zero-order valence-corrected chi connectivity index (χ0v) is 13.1. The molecule has 1 nitrogen and oxygen atoms in total. The zero-order chi connectivity index (χ0) is 14.2. The second kappa shape index (κ2) is 7.99. The van der Waals surface area contributed by atoms with Gasteiger partial charge in [-0.3, -0.25) is 0 Å². The first-order chi connectivity index (χ1) is 9.93. The van der Waals surface area contributed by atoms with Crippen LogP contribution in [0.4, 0.5) is 0 Å². The van der Waals surface area contributed by atoms with Crippen molar-refractivity contribution in [2.24, 2.45) is 0 Å². The van der Waals surface area contributed by atoms with Gasteiger partial charge < -0.3 is 4.98 Å². The quantitative estimate of drug-likeness (QED) is 0.465. The molecule has 3 rings (SSSR count). The maximum absolute atomic E-state index is 4.65. The largest absolute Gasteiger partial charge is 0.345 e.